The highest BCUT2D eigenvalue weighted by molar-refractivity contribution is 6.30. The Morgan fingerprint density at radius 2 is 2.24 bits per heavy atom. The van der Waals surface area contributed by atoms with E-state index in [-0.39, 0.29) is 11.4 Å². The second kappa shape index (κ2) is 5.34. The van der Waals surface area contributed by atoms with Crippen molar-refractivity contribution in [1.82, 2.24) is 5.32 Å². The minimum absolute atomic E-state index is 0.0327. The molecule has 1 fully saturated rings. The highest BCUT2D eigenvalue weighted by Gasteiger charge is 2.36. The van der Waals surface area contributed by atoms with E-state index in [4.69, 9.17) is 16.3 Å². The summed E-state index contributed by atoms with van der Waals surface area (Å²) in [5.74, 6) is -0.220. The van der Waals surface area contributed by atoms with Gasteiger partial charge in [0.2, 0.25) is 0 Å². The molecule has 1 aliphatic carbocycles. The van der Waals surface area contributed by atoms with E-state index in [9.17, 15) is 4.39 Å². The monoisotopic (exact) mass is 257 g/mol. The van der Waals surface area contributed by atoms with Crippen LogP contribution in [0.2, 0.25) is 5.02 Å². The molecular weight excluding hydrogens is 241 g/mol. The third-order valence-electron chi connectivity index (χ3n) is 3.47. The van der Waals surface area contributed by atoms with Crippen molar-refractivity contribution < 1.29 is 9.13 Å². The maximum atomic E-state index is 13.4. The molecule has 0 bridgehead atoms. The van der Waals surface area contributed by atoms with Crippen LogP contribution >= 0.6 is 11.6 Å². The predicted molar refractivity (Wildman–Crippen MR) is 66.7 cm³/mol. The van der Waals surface area contributed by atoms with Gasteiger partial charge in [-0.25, -0.2) is 4.39 Å². The maximum absolute atomic E-state index is 13.4. The van der Waals surface area contributed by atoms with Crippen molar-refractivity contribution in [3.63, 3.8) is 0 Å². The van der Waals surface area contributed by atoms with Crippen LogP contribution in [0.4, 0.5) is 4.39 Å². The summed E-state index contributed by atoms with van der Waals surface area (Å²) in [4.78, 5) is 0. The number of methoxy groups -OCH3 is 1. The number of nitrogens with one attached hydrogen (secondary N) is 1. The third kappa shape index (κ3) is 2.97. The quantitative estimate of drug-likeness (QED) is 0.875. The van der Waals surface area contributed by atoms with Crippen LogP contribution < -0.4 is 5.32 Å². The van der Waals surface area contributed by atoms with Gasteiger partial charge in [-0.15, -0.1) is 0 Å². The Morgan fingerprint density at radius 1 is 1.47 bits per heavy atom. The number of rotatable bonds is 5. The first-order valence-electron chi connectivity index (χ1n) is 5.85. The molecule has 0 amide bonds. The zero-order chi connectivity index (χ0) is 12.3. The van der Waals surface area contributed by atoms with Gasteiger partial charge in [-0.2, -0.15) is 0 Å². The molecule has 94 valence electrons. The summed E-state index contributed by atoms with van der Waals surface area (Å²) in [7, 11) is 1.74. The molecule has 4 heteroatoms. The van der Waals surface area contributed by atoms with E-state index in [1.807, 2.05) is 0 Å². The van der Waals surface area contributed by atoms with Gasteiger partial charge in [-0.05, 0) is 37.5 Å². The number of hydrogen-bond acceptors (Lipinski definition) is 2. The number of benzene rings is 1. The minimum atomic E-state index is -0.220. The normalized spacial score (nSPS) is 17.8. The molecule has 0 unspecified atom stereocenters. The standard InChI is InChI=1S/C13H17ClFNO/c1-17-13(5-2-6-13)9-16-8-10-7-11(14)3-4-12(10)15/h3-4,7,16H,2,5-6,8-9H2,1H3. The topological polar surface area (TPSA) is 21.3 Å². The Hall–Kier alpha value is -0.640. The average molecular weight is 258 g/mol. The second-order valence-electron chi connectivity index (χ2n) is 4.58. The summed E-state index contributed by atoms with van der Waals surface area (Å²) in [5, 5.41) is 3.80. The lowest BCUT2D eigenvalue weighted by atomic mass is 9.80. The van der Waals surface area contributed by atoms with Gasteiger partial charge in [0.25, 0.3) is 0 Å². The highest BCUT2D eigenvalue weighted by atomic mass is 35.5. The molecule has 2 rings (SSSR count). The summed E-state index contributed by atoms with van der Waals surface area (Å²) in [5.41, 5.74) is 0.567. The number of hydrogen-bond donors (Lipinski definition) is 1. The van der Waals surface area contributed by atoms with Crippen LogP contribution in [0.15, 0.2) is 18.2 Å². The second-order valence-corrected chi connectivity index (χ2v) is 5.02. The fourth-order valence-electron chi connectivity index (χ4n) is 2.13. The van der Waals surface area contributed by atoms with Gasteiger partial charge < -0.3 is 10.1 Å². The van der Waals surface area contributed by atoms with Crippen LogP contribution in [-0.4, -0.2) is 19.3 Å². The molecule has 17 heavy (non-hydrogen) atoms. The van der Waals surface area contributed by atoms with Crippen molar-refractivity contribution in [2.45, 2.75) is 31.4 Å². The molecule has 0 aliphatic heterocycles. The SMILES string of the molecule is COC1(CNCc2cc(Cl)ccc2F)CCC1. The molecule has 1 aromatic carbocycles. The molecule has 0 radical (unpaired) electrons. The Balaban J connectivity index is 1.87. The predicted octanol–water partition coefficient (Wildman–Crippen LogP) is 3.14. The van der Waals surface area contributed by atoms with E-state index in [2.05, 4.69) is 5.32 Å². The average Bonchev–Trinajstić information content (AvgIpc) is 2.27. The largest absolute Gasteiger partial charge is 0.377 e. The maximum Gasteiger partial charge on any atom is 0.127 e. The fourth-order valence-corrected chi connectivity index (χ4v) is 2.32. The van der Waals surface area contributed by atoms with Crippen LogP contribution in [0.1, 0.15) is 24.8 Å². The molecule has 0 atom stereocenters. The van der Waals surface area contributed by atoms with Gasteiger partial charge in [-0.3, -0.25) is 0 Å². The Morgan fingerprint density at radius 3 is 2.82 bits per heavy atom. The number of ether oxygens (including phenoxy) is 1. The van der Waals surface area contributed by atoms with Crippen LogP contribution in [0.3, 0.4) is 0 Å². The Kier molecular flexibility index (Phi) is 4.02. The van der Waals surface area contributed by atoms with Crippen molar-refractivity contribution in [2.75, 3.05) is 13.7 Å². The van der Waals surface area contributed by atoms with Gasteiger partial charge in [-0.1, -0.05) is 11.6 Å². The smallest absolute Gasteiger partial charge is 0.127 e. The van der Waals surface area contributed by atoms with Crippen molar-refractivity contribution >= 4 is 11.6 Å². The first-order valence-corrected chi connectivity index (χ1v) is 6.23. The lowest BCUT2D eigenvalue weighted by Crippen LogP contribution is -2.47. The van der Waals surface area contributed by atoms with Crippen molar-refractivity contribution in [2.24, 2.45) is 0 Å². The summed E-state index contributed by atoms with van der Waals surface area (Å²) >= 11 is 5.83. The van der Waals surface area contributed by atoms with Crippen LogP contribution in [0, 0.1) is 5.82 Å². The first-order chi connectivity index (χ1) is 8.15. The van der Waals surface area contributed by atoms with E-state index < -0.39 is 0 Å². The molecule has 1 N–H and O–H groups in total. The zero-order valence-corrected chi connectivity index (χ0v) is 10.7. The third-order valence-corrected chi connectivity index (χ3v) is 3.70. The Bertz CT molecular complexity index is 387. The lowest BCUT2D eigenvalue weighted by molar-refractivity contribution is -0.0695. The van der Waals surface area contributed by atoms with Crippen LogP contribution in [0.5, 0.6) is 0 Å². The van der Waals surface area contributed by atoms with Crippen molar-refractivity contribution in [1.29, 1.82) is 0 Å². The first kappa shape index (κ1) is 12.8. The molecule has 2 nitrogen and oxygen atoms in total. The molecule has 1 aromatic rings. The summed E-state index contributed by atoms with van der Waals surface area (Å²) in [6, 6.07) is 4.61. The molecular formula is C13H17ClFNO. The van der Waals surface area contributed by atoms with E-state index >= 15 is 0 Å². The van der Waals surface area contributed by atoms with E-state index in [1.165, 1.54) is 12.5 Å². The van der Waals surface area contributed by atoms with E-state index in [1.54, 1.807) is 19.2 Å². The van der Waals surface area contributed by atoms with Gasteiger partial charge in [0.1, 0.15) is 5.82 Å². The van der Waals surface area contributed by atoms with Crippen molar-refractivity contribution in [3.05, 3.63) is 34.6 Å². The van der Waals surface area contributed by atoms with Gasteiger partial charge >= 0.3 is 0 Å². The molecule has 0 saturated heterocycles. The van der Waals surface area contributed by atoms with Gasteiger partial charge in [0, 0.05) is 30.8 Å². The molecule has 1 aliphatic rings. The van der Waals surface area contributed by atoms with E-state index in [0.29, 0.717) is 17.1 Å². The minimum Gasteiger partial charge on any atom is -0.377 e. The molecule has 1 saturated carbocycles. The van der Waals surface area contributed by atoms with Gasteiger partial charge in [0.15, 0.2) is 0 Å². The fraction of sp³-hybridized carbons (Fsp3) is 0.538. The zero-order valence-electron chi connectivity index (χ0n) is 9.93. The van der Waals surface area contributed by atoms with Crippen LogP contribution in [-0.2, 0) is 11.3 Å². The molecule has 0 heterocycles. The molecule has 0 aromatic heterocycles. The van der Waals surface area contributed by atoms with Crippen LogP contribution in [0.25, 0.3) is 0 Å². The Labute approximate surface area is 106 Å². The van der Waals surface area contributed by atoms with Crippen molar-refractivity contribution in [3.8, 4) is 0 Å². The highest BCUT2D eigenvalue weighted by Crippen LogP contribution is 2.34. The van der Waals surface area contributed by atoms with E-state index in [0.717, 1.165) is 19.4 Å². The van der Waals surface area contributed by atoms with Gasteiger partial charge in [0.05, 0.1) is 5.60 Å². The summed E-state index contributed by atoms with van der Waals surface area (Å²) in [6.45, 7) is 1.24. The summed E-state index contributed by atoms with van der Waals surface area (Å²) < 4.78 is 18.9. The molecule has 0 spiro atoms. The summed E-state index contributed by atoms with van der Waals surface area (Å²) in [6.07, 6.45) is 3.37. The number of halogens is 2. The lowest BCUT2D eigenvalue weighted by Gasteiger charge is -2.40.